The van der Waals surface area contributed by atoms with Crippen molar-refractivity contribution in [2.75, 3.05) is 5.73 Å². The number of nitrogen functional groups attached to an aromatic ring is 1. The highest BCUT2D eigenvalue weighted by Crippen LogP contribution is 2.20. The molecule has 0 fully saturated rings. The van der Waals surface area contributed by atoms with Crippen LogP contribution in [0.4, 0.5) is 5.82 Å². The van der Waals surface area contributed by atoms with Gasteiger partial charge in [0.05, 0.1) is 0 Å². The fraction of sp³-hybridized carbons (Fsp3) is 0. The normalized spacial score (nSPS) is 10.8. The number of nitrogens with two attached hydrogens (primary N) is 1. The molecule has 3 rings (SSSR count). The van der Waals surface area contributed by atoms with E-state index in [0.717, 1.165) is 5.56 Å². The molecule has 0 aliphatic carbocycles. The van der Waals surface area contributed by atoms with E-state index in [0.29, 0.717) is 11.5 Å². The van der Waals surface area contributed by atoms with E-state index < -0.39 is 0 Å². The Morgan fingerprint density at radius 1 is 1.12 bits per heavy atom. The topological polar surface area (TPSA) is 94.9 Å². The number of fused-ring (bicyclic) bond motifs is 1. The number of nitrogens with zero attached hydrogens (tertiary/aromatic N) is 6. The van der Waals surface area contributed by atoms with Gasteiger partial charge in [-0.05, 0) is 10.4 Å². The van der Waals surface area contributed by atoms with E-state index in [1.165, 1.54) is 4.63 Å². The lowest BCUT2D eigenvalue weighted by Gasteiger charge is -2.02. The molecule has 3 aromatic rings. The molecule has 0 atom stereocenters. The summed E-state index contributed by atoms with van der Waals surface area (Å²) in [7, 11) is 0. The van der Waals surface area contributed by atoms with Gasteiger partial charge in [-0.15, -0.1) is 5.10 Å². The van der Waals surface area contributed by atoms with Gasteiger partial charge in [0.2, 0.25) is 0 Å². The van der Waals surface area contributed by atoms with Crippen LogP contribution in [0, 0.1) is 0 Å². The van der Waals surface area contributed by atoms with Gasteiger partial charge in [-0.25, -0.2) is 0 Å². The highest BCUT2D eigenvalue weighted by atomic mass is 15.6. The monoisotopic (exact) mass is 213 g/mol. The standard InChI is InChI=1S/C9H7N7/c10-8-7(6-4-2-1-3-5-6)13-16-9(11-8)12-14-15-16/h1-5H,(H2,10,11,12,15). The van der Waals surface area contributed by atoms with Crippen LogP contribution in [0.2, 0.25) is 0 Å². The summed E-state index contributed by atoms with van der Waals surface area (Å²) in [6, 6.07) is 9.52. The molecule has 0 saturated heterocycles. The maximum absolute atomic E-state index is 5.80. The van der Waals surface area contributed by atoms with Gasteiger partial charge in [-0.1, -0.05) is 40.1 Å². The summed E-state index contributed by atoms with van der Waals surface area (Å²) >= 11 is 0. The van der Waals surface area contributed by atoms with Gasteiger partial charge in [0.25, 0.3) is 5.78 Å². The maximum Gasteiger partial charge on any atom is 0.293 e. The molecule has 16 heavy (non-hydrogen) atoms. The first-order chi connectivity index (χ1) is 7.84. The molecule has 0 spiro atoms. The lowest BCUT2D eigenvalue weighted by molar-refractivity contribution is 0.730. The van der Waals surface area contributed by atoms with Gasteiger partial charge in [0.15, 0.2) is 5.82 Å². The molecule has 2 heterocycles. The van der Waals surface area contributed by atoms with Crippen LogP contribution in [0.5, 0.6) is 0 Å². The van der Waals surface area contributed by atoms with E-state index in [9.17, 15) is 0 Å². The van der Waals surface area contributed by atoms with E-state index in [2.05, 4.69) is 25.6 Å². The van der Waals surface area contributed by atoms with Crippen LogP contribution in [-0.2, 0) is 0 Å². The van der Waals surface area contributed by atoms with E-state index in [4.69, 9.17) is 5.73 Å². The van der Waals surface area contributed by atoms with Gasteiger partial charge in [0, 0.05) is 5.56 Å². The molecule has 0 amide bonds. The summed E-state index contributed by atoms with van der Waals surface area (Å²) in [5, 5.41) is 15.0. The number of aromatic nitrogens is 6. The minimum atomic E-state index is 0.289. The average Bonchev–Trinajstić information content (AvgIpc) is 2.76. The van der Waals surface area contributed by atoms with Crippen molar-refractivity contribution in [1.29, 1.82) is 0 Å². The van der Waals surface area contributed by atoms with E-state index >= 15 is 0 Å². The van der Waals surface area contributed by atoms with Crippen molar-refractivity contribution < 1.29 is 0 Å². The first-order valence-electron chi connectivity index (χ1n) is 4.62. The molecule has 1 aromatic carbocycles. The Balaban J connectivity index is 2.27. The number of rotatable bonds is 1. The van der Waals surface area contributed by atoms with Gasteiger partial charge in [-0.3, -0.25) is 0 Å². The minimum Gasteiger partial charge on any atom is -0.382 e. The molecule has 0 saturated carbocycles. The van der Waals surface area contributed by atoms with Crippen LogP contribution < -0.4 is 5.73 Å². The first-order valence-corrected chi connectivity index (χ1v) is 4.62. The first kappa shape index (κ1) is 8.72. The minimum absolute atomic E-state index is 0.289. The Bertz CT molecular complexity index is 631. The summed E-state index contributed by atoms with van der Waals surface area (Å²) < 4.78 is 1.25. The molecule has 7 nitrogen and oxygen atoms in total. The number of tetrazole rings is 1. The Morgan fingerprint density at radius 3 is 2.75 bits per heavy atom. The van der Waals surface area contributed by atoms with E-state index in [-0.39, 0.29) is 5.78 Å². The number of anilines is 1. The van der Waals surface area contributed by atoms with Crippen molar-refractivity contribution in [1.82, 2.24) is 30.2 Å². The molecule has 7 heteroatoms. The SMILES string of the molecule is Nc1nc2nnnn2nc1-c1ccccc1. The van der Waals surface area contributed by atoms with Crippen molar-refractivity contribution >= 4 is 11.6 Å². The Kier molecular flexibility index (Phi) is 1.76. The zero-order chi connectivity index (χ0) is 11.0. The van der Waals surface area contributed by atoms with E-state index in [1.807, 2.05) is 30.3 Å². The van der Waals surface area contributed by atoms with Crippen LogP contribution >= 0.6 is 0 Å². The van der Waals surface area contributed by atoms with Crippen LogP contribution in [0.25, 0.3) is 17.0 Å². The molecule has 0 aliphatic rings. The summed E-state index contributed by atoms with van der Waals surface area (Å²) in [5.74, 6) is 0.602. The van der Waals surface area contributed by atoms with Crippen LogP contribution in [0.1, 0.15) is 0 Å². The predicted molar refractivity (Wildman–Crippen MR) is 56.2 cm³/mol. The molecular weight excluding hydrogens is 206 g/mol. The maximum atomic E-state index is 5.80. The largest absolute Gasteiger partial charge is 0.382 e. The highest BCUT2D eigenvalue weighted by Gasteiger charge is 2.09. The van der Waals surface area contributed by atoms with Crippen molar-refractivity contribution in [2.45, 2.75) is 0 Å². The fourth-order valence-corrected chi connectivity index (χ4v) is 1.42. The fourth-order valence-electron chi connectivity index (χ4n) is 1.42. The molecule has 0 radical (unpaired) electrons. The third-order valence-electron chi connectivity index (χ3n) is 2.14. The van der Waals surface area contributed by atoms with E-state index in [1.54, 1.807) is 0 Å². The van der Waals surface area contributed by atoms with Crippen molar-refractivity contribution in [3.8, 4) is 11.3 Å². The molecule has 2 N–H and O–H groups in total. The molecule has 0 bridgehead atoms. The predicted octanol–water partition coefficient (Wildman–Crippen LogP) is 0.163. The van der Waals surface area contributed by atoms with Crippen LogP contribution in [0.3, 0.4) is 0 Å². The molecule has 2 aromatic heterocycles. The van der Waals surface area contributed by atoms with Gasteiger partial charge in [0.1, 0.15) is 5.69 Å². The van der Waals surface area contributed by atoms with Crippen molar-refractivity contribution in [3.63, 3.8) is 0 Å². The number of hydrogen-bond acceptors (Lipinski definition) is 6. The molecule has 0 aliphatic heterocycles. The molecule has 0 unspecified atom stereocenters. The molecular formula is C9H7N7. The second-order valence-electron chi connectivity index (χ2n) is 3.18. The Hall–Kier alpha value is -2.57. The highest BCUT2D eigenvalue weighted by molar-refractivity contribution is 5.69. The van der Waals surface area contributed by atoms with Crippen LogP contribution in [-0.4, -0.2) is 30.2 Å². The van der Waals surface area contributed by atoms with Crippen LogP contribution in [0.15, 0.2) is 30.3 Å². The second-order valence-corrected chi connectivity index (χ2v) is 3.18. The molecule has 78 valence electrons. The third-order valence-corrected chi connectivity index (χ3v) is 2.14. The van der Waals surface area contributed by atoms with Crippen molar-refractivity contribution in [3.05, 3.63) is 30.3 Å². The van der Waals surface area contributed by atoms with Gasteiger partial charge in [-0.2, -0.15) is 4.98 Å². The zero-order valence-electron chi connectivity index (χ0n) is 8.15. The number of hydrogen-bond donors (Lipinski definition) is 1. The Morgan fingerprint density at radius 2 is 1.94 bits per heavy atom. The van der Waals surface area contributed by atoms with Gasteiger partial charge >= 0.3 is 0 Å². The summed E-state index contributed by atoms with van der Waals surface area (Å²) in [6.45, 7) is 0. The summed E-state index contributed by atoms with van der Waals surface area (Å²) in [4.78, 5) is 4.05. The summed E-state index contributed by atoms with van der Waals surface area (Å²) in [5.41, 5.74) is 7.24. The quantitative estimate of drug-likeness (QED) is 0.618. The van der Waals surface area contributed by atoms with Crippen molar-refractivity contribution in [2.24, 2.45) is 0 Å². The smallest absolute Gasteiger partial charge is 0.293 e. The third kappa shape index (κ3) is 1.26. The lowest BCUT2D eigenvalue weighted by Crippen LogP contribution is -2.04. The number of benzene rings is 1. The second kappa shape index (κ2) is 3.23. The Labute approximate surface area is 89.9 Å². The average molecular weight is 213 g/mol. The zero-order valence-corrected chi connectivity index (χ0v) is 8.15. The summed E-state index contributed by atoms with van der Waals surface area (Å²) in [6.07, 6.45) is 0. The lowest BCUT2D eigenvalue weighted by atomic mass is 10.1. The van der Waals surface area contributed by atoms with Gasteiger partial charge < -0.3 is 5.73 Å².